The molecule has 0 unspecified atom stereocenters. The van der Waals surface area contributed by atoms with Gasteiger partial charge in [-0.1, -0.05) is 0 Å². The van der Waals surface area contributed by atoms with Gasteiger partial charge in [0, 0.05) is 23.8 Å². The van der Waals surface area contributed by atoms with Crippen molar-refractivity contribution in [3.05, 3.63) is 69.3 Å². The van der Waals surface area contributed by atoms with E-state index in [4.69, 9.17) is 19.8 Å². The van der Waals surface area contributed by atoms with E-state index in [-0.39, 0.29) is 12.3 Å². The first kappa shape index (κ1) is 18.5. The lowest BCUT2D eigenvalue weighted by molar-refractivity contribution is -0.384. The van der Waals surface area contributed by atoms with Gasteiger partial charge in [0.25, 0.3) is 5.69 Å². The third kappa shape index (κ3) is 4.58. The normalized spacial score (nSPS) is 10.7. The number of ether oxygens (including phenoxy) is 2. The summed E-state index contributed by atoms with van der Waals surface area (Å²) in [6.07, 6.45) is 1.20. The fourth-order valence-electron chi connectivity index (χ4n) is 2.06. The lowest BCUT2D eigenvalue weighted by Gasteiger charge is -2.11. The van der Waals surface area contributed by atoms with Gasteiger partial charge in [0.2, 0.25) is 0 Å². The van der Waals surface area contributed by atoms with E-state index in [0.717, 1.165) is 0 Å². The molecule has 0 spiro atoms. The molecule has 0 amide bonds. The highest BCUT2D eigenvalue weighted by molar-refractivity contribution is 5.96. The van der Waals surface area contributed by atoms with Crippen LogP contribution >= 0.6 is 0 Å². The highest BCUT2D eigenvalue weighted by Gasteiger charge is 2.11. The summed E-state index contributed by atoms with van der Waals surface area (Å²) in [5.74, 6) is -0.531. The Morgan fingerprint density at radius 3 is 2.54 bits per heavy atom. The van der Waals surface area contributed by atoms with Crippen LogP contribution in [0.25, 0.3) is 6.08 Å². The van der Waals surface area contributed by atoms with Crippen molar-refractivity contribution in [2.45, 2.75) is 6.61 Å². The molecule has 0 bridgehead atoms. The third-order valence-electron chi connectivity index (χ3n) is 3.41. The molecule has 2 aromatic carbocycles. The van der Waals surface area contributed by atoms with Gasteiger partial charge in [0.15, 0.2) is 0 Å². The lowest BCUT2D eigenvalue weighted by Crippen LogP contribution is -2.00. The summed E-state index contributed by atoms with van der Waals surface area (Å²) < 4.78 is 10.8. The van der Waals surface area contributed by atoms with Crippen LogP contribution in [0.4, 0.5) is 5.69 Å². The van der Waals surface area contributed by atoms with Gasteiger partial charge in [-0.2, -0.15) is 5.26 Å². The maximum absolute atomic E-state index is 11.0. The largest absolute Gasteiger partial charge is 0.497 e. The molecule has 2 aromatic rings. The van der Waals surface area contributed by atoms with Gasteiger partial charge in [-0.05, 0) is 35.9 Å². The van der Waals surface area contributed by atoms with Gasteiger partial charge in [0.1, 0.15) is 29.7 Å². The summed E-state index contributed by atoms with van der Waals surface area (Å²) in [5.41, 5.74) is 0.618. The molecule has 2 rings (SSSR count). The van der Waals surface area contributed by atoms with Crippen molar-refractivity contribution in [2.75, 3.05) is 7.11 Å². The molecule has 0 atom stereocenters. The zero-order chi connectivity index (χ0) is 19.1. The van der Waals surface area contributed by atoms with E-state index >= 15 is 0 Å². The van der Waals surface area contributed by atoms with E-state index in [9.17, 15) is 14.9 Å². The smallest absolute Gasteiger partial charge is 0.346 e. The number of carboxylic acid groups (broad SMARTS) is 1. The number of hydrogen-bond acceptors (Lipinski definition) is 6. The van der Waals surface area contributed by atoms with Crippen LogP contribution in [0, 0.1) is 21.4 Å². The van der Waals surface area contributed by atoms with Crippen molar-refractivity contribution in [2.24, 2.45) is 0 Å². The Balaban J connectivity index is 2.28. The van der Waals surface area contributed by atoms with Crippen molar-refractivity contribution in [1.29, 1.82) is 5.26 Å². The molecule has 0 aliphatic rings. The summed E-state index contributed by atoms with van der Waals surface area (Å²) in [7, 11) is 1.48. The van der Waals surface area contributed by atoms with Crippen LogP contribution in [0.3, 0.4) is 0 Å². The van der Waals surface area contributed by atoms with Crippen LogP contribution < -0.4 is 9.47 Å². The quantitative estimate of drug-likeness (QED) is 0.350. The molecule has 1 N–H and O–H groups in total. The average molecular weight is 354 g/mol. The number of methoxy groups -OCH3 is 1. The maximum atomic E-state index is 11.0. The Morgan fingerprint density at radius 2 is 2.00 bits per heavy atom. The first-order valence-corrected chi connectivity index (χ1v) is 7.34. The number of nitriles is 1. The second kappa shape index (κ2) is 8.30. The van der Waals surface area contributed by atoms with Crippen molar-refractivity contribution in [3.63, 3.8) is 0 Å². The second-order valence-electron chi connectivity index (χ2n) is 5.09. The molecular formula is C18H14N2O6. The van der Waals surface area contributed by atoms with Crippen LogP contribution in [-0.4, -0.2) is 23.1 Å². The van der Waals surface area contributed by atoms with E-state index in [1.54, 1.807) is 36.4 Å². The van der Waals surface area contributed by atoms with Gasteiger partial charge in [0.05, 0.1) is 12.0 Å². The SMILES string of the molecule is COc1ccc(C=C(C#N)C(=O)O)c(OCc2ccc([N+](=O)[O-])cc2)c1. The Morgan fingerprint density at radius 1 is 1.31 bits per heavy atom. The van der Waals surface area contributed by atoms with Crippen molar-refractivity contribution < 1.29 is 24.3 Å². The molecule has 132 valence electrons. The van der Waals surface area contributed by atoms with E-state index in [0.29, 0.717) is 22.6 Å². The summed E-state index contributed by atoms with van der Waals surface area (Å²) in [6, 6.07) is 12.2. The summed E-state index contributed by atoms with van der Waals surface area (Å²) >= 11 is 0. The Kier molecular flexibility index (Phi) is 5.90. The van der Waals surface area contributed by atoms with Gasteiger partial charge in [-0.25, -0.2) is 4.79 Å². The Hall–Kier alpha value is -3.86. The van der Waals surface area contributed by atoms with Gasteiger partial charge in [-0.15, -0.1) is 0 Å². The summed E-state index contributed by atoms with van der Waals surface area (Å²) in [5, 5.41) is 28.6. The number of nitro benzene ring substituents is 1. The van der Waals surface area contributed by atoms with E-state index < -0.39 is 16.5 Å². The lowest BCUT2D eigenvalue weighted by atomic mass is 10.1. The van der Waals surface area contributed by atoms with E-state index in [2.05, 4.69) is 0 Å². The molecule has 8 nitrogen and oxygen atoms in total. The Bertz CT molecular complexity index is 897. The second-order valence-corrected chi connectivity index (χ2v) is 5.09. The zero-order valence-electron chi connectivity index (χ0n) is 13.7. The van der Waals surface area contributed by atoms with Crippen molar-refractivity contribution in [1.82, 2.24) is 0 Å². The minimum absolute atomic E-state index is 0.0288. The number of aliphatic carboxylic acids is 1. The molecule has 0 aliphatic heterocycles. The number of non-ortho nitro benzene ring substituents is 1. The fourth-order valence-corrected chi connectivity index (χ4v) is 2.06. The molecule has 0 saturated carbocycles. The van der Waals surface area contributed by atoms with E-state index in [1.807, 2.05) is 0 Å². The maximum Gasteiger partial charge on any atom is 0.346 e. The van der Waals surface area contributed by atoms with Crippen LogP contribution in [0.2, 0.25) is 0 Å². The molecule has 0 fully saturated rings. The van der Waals surface area contributed by atoms with Crippen LogP contribution in [0.5, 0.6) is 11.5 Å². The predicted molar refractivity (Wildman–Crippen MR) is 91.6 cm³/mol. The van der Waals surface area contributed by atoms with Crippen molar-refractivity contribution in [3.8, 4) is 17.6 Å². The highest BCUT2D eigenvalue weighted by Crippen LogP contribution is 2.28. The molecule has 0 aliphatic carbocycles. The fraction of sp³-hybridized carbons (Fsp3) is 0.111. The third-order valence-corrected chi connectivity index (χ3v) is 3.41. The van der Waals surface area contributed by atoms with Crippen molar-refractivity contribution >= 4 is 17.7 Å². The topological polar surface area (TPSA) is 123 Å². The number of hydrogen-bond donors (Lipinski definition) is 1. The number of nitro groups is 1. The molecule has 26 heavy (non-hydrogen) atoms. The molecular weight excluding hydrogens is 340 g/mol. The highest BCUT2D eigenvalue weighted by atomic mass is 16.6. The number of benzene rings is 2. The standard InChI is InChI=1S/C18H14N2O6/c1-25-16-7-4-13(8-14(10-19)18(21)22)17(9-16)26-11-12-2-5-15(6-3-12)20(23)24/h2-9H,11H2,1H3,(H,21,22). The molecule has 8 heteroatoms. The Labute approximate surface area is 148 Å². The van der Waals surface area contributed by atoms with Gasteiger partial charge < -0.3 is 14.6 Å². The van der Waals surface area contributed by atoms with Crippen LogP contribution in [0.1, 0.15) is 11.1 Å². The van der Waals surface area contributed by atoms with Crippen LogP contribution in [-0.2, 0) is 11.4 Å². The first-order valence-electron chi connectivity index (χ1n) is 7.34. The molecule has 0 aromatic heterocycles. The summed E-state index contributed by atoms with van der Waals surface area (Å²) in [6.45, 7) is 0.0982. The summed E-state index contributed by atoms with van der Waals surface area (Å²) in [4.78, 5) is 21.2. The van der Waals surface area contributed by atoms with E-state index in [1.165, 1.54) is 25.3 Å². The minimum atomic E-state index is -1.34. The number of carbonyl (C=O) groups is 1. The first-order chi connectivity index (χ1) is 12.4. The molecule has 0 radical (unpaired) electrons. The minimum Gasteiger partial charge on any atom is -0.497 e. The number of rotatable bonds is 7. The zero-order valence-corrected chi connectivity index (χ0v) is 13.7. The number of carboxylic acids is 1. The van der Waals surface area contributed by atoms with Crippen LogP contribution in [0.15, 0.2) is 48.0 Å². The van der Waals surface area contributed by atoms with Gasteiger partial charge >= 0.3 is 5.97 Å². The average Bonchev–Trinajstić information content (AvgIpc) is 2.64. The molecule has 0 saturated heterocycles. The predicted octanol–water partition coefficient (Wildman–Crippen LogP) is 3.17. The molecule has 0 heterocycles. The monoisotopic (exact) mass is 354 g/mol. The number of nitrogens with zero attached hydrogens (tertiary/aromatic N) is 2. The van der Waals surface area contributed by atoms with Gasteiger partial charge in [-0.3, -0.25) is 10.1 Å².